The van der Waals surface area contributed by atoms with Gasteiger partial charge in [0.25, 0.3) is 0 Å². The van der Waals surface area contributed by atoms with E-state index in [4.69, 9.17) is 16.3 Å². The predicted molar refractivity (Wildman–Crippen MR) is 107 cm³/mol. The minimum Gasteiger partial charge on any atom is -0.494 e. The van der Waals surface area contributed by atoms with E-state index < -0.39 is 15.9 Å². The minimum absolute atomic E-state index is 0.111. The van der Waals surface area contributed by atoms with Gasteiger partial charge in [-0.1, -0.05) is 24.6 Å². The largest absolute Gasteiger partial charge is 0.494 e. The zero-order valence-electron chi connectivity index (χ0n) is 15.5. The molecule has 6 nitrogen and oxygen atoms in total. The summed E-state index contributed by atoms with van der Waals surface area (Å²) in [6.45, 7) is 5.74. The Morgan fingerprint density at radius 2 is 1.81 bits per heavy atom. The summed E-state index contributed by atoms with van der Waals surface area (Å²) in [5.74, 6) is 0.158. The quantitative estimate of drug-likeness (QED) is 0.720. The van der Waals surface area contributed by atoms with Crippen molar-refractivity contribution in [2.45, 2.75) is 25.7 Å². The highest BCUT2D eigenvalue weighted by atomic mass is 35.5. The second kappa shape index (κ2) is 9.21. The third-order valence-corrected chi connectivity index (χ3v) is 6.09. The van der Waals surface area contributed by atoms with Crippen molar-refractivity contribution in [3.05, 3.63) is 53.1 Å². The summed E-state index contributed by atoms with van der Waals surface area (Å²) in [7, 11) is -3.80. The van der Waals surface area contributed by atoms with Crippen molar-refractivity contribution in [3.63, 3.8) is 0 Å². The molecule has 0 radical (unpaired) electrons. The van der Waals surface area contributed by atoms with Crippen molar-refractivity contribution in [3.8, 4) is 5.75 Å². The number of hydrogen-bond acceptors (Lipinski definition) is 4. The van der Waals surface area contributed by atoms with Crippen molar-refractivity contribution in [2.24, 2.45) is 0 Å². The predicted octanol–water partition coefficient (Wildman–Crippen LogP) is 3.70. The number of halogens is 1. The van der Waals surface area contributed by atoms with Crippen LogP contribution in [0.4, 0.5) is 5.69 Å². The van der Waals surface area contributed by atoms with Gasteiger partial charge in [-0.15, -0.1) is 0 Å². The van der Waals surface area contributed by atoms with E-state index in [2.05, 4.69) is 5.32 Å². The molecule has 0 aliphatic carbocycles. The molecule has 0 unspecified atom stereocenters. The highest BCUT2D eigenvalue weighted by Gasteiger charge is 2.25. The van der Waals surface area contributed by atoms with Crippen LogP contribution < -0.4 is 10.1 Å². The Morgan fingerprint density at radius 1 is 1.15 bits per heavy atom. The molecule has 27 heavy (non-hydrogen) atoms. The maximum absolute atomic E-state index is 12.8. The maximum Gasteiger partial charge on any atom is 0.243 e. The Labute approximate surface area is 165 Å². The van der Waals surface area contributed by atoms with Crippen LogP contribution >= 0.6 is 11.6 Å². The number of nitrogens with zero attached hydrogens (tertiary/aromatic N) is 1. The number of aryl methyl sites for hydroxylation is 1. The third-order valence-electron chi connectivity index (χ3n) is 3.92. The summed E-state index contributed by atoms with van der Waals surface area (Å²) in [6, 6.07) is 11.3. The lowest BCUT2D eigenvalue weighted by atomic mass is 10.2. The van der Waals surface area contributed by atoms with Gasteiger partial charge in [-0.2, -0.15) is 4.31 Å². The van der Waals surface area contributed by atoms with Gasteiger partial charge >= 0.3 is 0 Å². The molecule has 0 saturated carbocycles. The summed E-state index contributed by atoms with van der Waals surface area (Å²) in [5, 5.41) is 3.21. The zero-order chi connectivity index (χ0) is 20.0. The molecule has 0 aromatic heterocycles. The monoisotopic (exact) mass is 410 g/mol. The molecule has 0 saturated heterocycles. The smallest absolute Gasteiger partial charge is 0.243 e. The van der Waals surface area contributed by atoms with Crippen LogP contribution in [0.1, 0.15) is 19.4 Å². The van der Waals surface area contributed by atoms with Crippen LogP contribution in [0, 0.1) is 6.92 Å². The number of rotatable bonds is 8. The van der Waals surface area contributed by atoms with E-state index in [1.54, 1.807) is 37.3 Å². The molecule has 0 atom stereocenters. The van der Waals surface area contributed by atoms with Gasteiger partial charge < -0.3 is 10.1 Å². The Hall–Kier alpha value is -2.09. The topological polar surface area (TPSA) is 75.7 Å². The summed E-state index contributed by atoms with van der Waals surface area (Å²) < 4.78 is 32.1. The zero-order valence-corrected chi connectivity index (χ0v) is 17.1. The highest BCUT2D eigenvalue weighted by Crippen LogP contribution is 2.22. The number of carbonyl (C=O) groups is 1. The molecule has 0 bridgehead atoms. The molecule has 1 amide bonds. The second-order valence-electron chi connectivity index (χ2n) is 5.84. The number of nitrogens with one attached hydrogen (secondary N) is 1. The van der Waals surface area contributed by atoms with E-state index >= 15 is 0 Å². The normalized spacial score (nSPS) is 11.4. The summed E-state index contributed by atoms with van der Waals surface area (Å²) in [4.78, 5) is 12.5. The number of hydrogen-bond donors (Lipinski definition) is 1. The number of anilines is 1. The van der Waals surface area contributed by atoms with Gasteiger partial charge in [0.15, 0.2) is 0 Å². The average Bonchev–Trinajstić information content (AvgIpc) is 2.63. The number of amides is 1. The fraction of sp³-hybridized carbons (Fsp3) is 0.316. The van der Waals surface area contributed by atoms with E-state index in [9.17, 15) is 13.2 Å². The lowest BCUT2D eigenvalue weighted by Gasteiger charge is -2.20. The molecule has 2 rings (SSSR count). The maximum atomic E-state index is 12.8. The summed E-state index contributed by atoms with van der Waals surface area (Å²) >= 11 is 5.95. The molecule has 0 aliphatic heterocycles. The Kier molecular flexibility index (Phi) is 7.24. The number of ether oxygens (including phenoxy) is 1. The fourth-order valence-electron chi connectivity index (χ4n) is 2.47. The number of carbonyl (C=O) groups excluding carboxylic acids is 1. The Balaban J connectivity index is 2.14. The first-order chi connectivity index (χ1) is 12.8. The molecule has 2 aromatic rings. The number of sulfonamides is 1. The molecule has 0 heterocycles. The molecule has 146 valence electrons. The molecule has 0 spiro atoms. The standard InChI is InChI=1S/C19H23ClN2O4S/c1-4-22(13-19(23)21-18-12-15(20)7-6-14(18)3)27(24,25)17-10-8-16(9-11-17)26-5-2/h6-12H,4-5,13H2,1-3H3,(H,21,23). The van der Waals surface area contributed by atoms with Gasteiger partial charge in [-0.25, -0.2) is 8.42 Å². The first kappa shape index (κ1) is 21.2. The fourth-order valence-corrected chi connectivity index (χ4v) is 4.05. The van der Waals surface area contributed by atoms with Gasteiger partial charge in [0, 0.05) is 17.3 Å². The van der Waals surface area contributed by atoms with E-state index in [0.29, 0.717) is 23.1 Å². The van der Waals surface area contributed by atoms with Gasteiger partial charge in [0.2, 0.25) is 15.9 Å². The van der Waals surface area contributed by atoms with Crippen LogP contribution in [0.3, 0.4) is 0 Å². The van der Waals surface area contributed by atoms with E-state index in [-0.39, 0.29) is 18.0 Å². The summed E-state index contributed by atoms with van der Waals surface area (Å²) in [6.07, 6.45) is 0. The molecule has 0 fully saturated rings. The molecular formula is C19H23ClN2O4S. The minimum atomic E-state index is -3.80. The molecule has 1 N–H and O–H groups in total. The van der Waals surface area contributed by atoms with Crippen molar-refractivity contribution in [1.82, 2.24) is 4.31 Å². The molecular weight excluding hydrogens is 388 g/mol. The first-order valence-electron chi connectivity index (χ1n) is 8.57. The van der Waals surface area contributed by atoms with Gasteiger partial charge in [0.05, 0.1) is 18.0 Å². The number of benzene rings is 2. The lowest BCUT2D eigenvalue weighted by Crippen LogP contribution is -2.37. The van der Waals surface area contributed by atoms with Crippen molar-refractivity contribution in [2.75, 3.05) is 25.0 Å². The van der Waals surface area contributed by atoms with Crippen molar-refractivity contribution < 1.29 is 17.9 Å². The van der Waals surface area contributed by atoms with Crippen LogP contribution in [-0.4, -0.2) is 38.3 Å². The molecule has 8 heteroatoms. The Bertz CT molecular complexity index is 898. The summed E-state index contributed by atoms with van der Waals surface area (Å²) in [5.41, 5.74) is 1.40. The lowest BCUT2D eigenvalue weighted by molar-refractivity contribution is -0.116. The second-order valence-corrected chi connectivity index (χ2v) is 8.22. The third kappa shape index (κ3) is 5.45. The van der Waals surface area contributed by atoms with E-state index in [1.807, 2.05) is 13.8 Å². The van der Waals surface area contributed by atoms with Crippen LogP contribution in [0.25, 0.3) is 0 Å². The number of likely N-dealkylation sites (N-methyl/N-ethyl adjacent to an activating group) is 1. The highest BCUT2D eigenvalue weighted by molar-refractivity contribution is 7.89. The first-order valence-corrected chi connectivity index (χ1v) is 10.4. The van der Waals surface area contributed by atoms with Gasteiger partial charge in [-0.3, -0.25) is 4.79 Å². The van der Waals surface area contributed by atoms with Crippen LogP contribution in [-0.2, 0) is 14.8 Å². The Morgan fingerprint density at radius 3 is 2.41 bits per heavy atom. The van der Waals surface area contributed by atoms with Crippen molar-refractivity contribution >= 4 is 33.2 Å². The van der Waals surface area contributed by atoms with Crippen LogP contribution in [0.15, 0.2) is 47.4 Å². The molecule has 2 aromatic carbocycles. The van der Waals surface area contributed by atoms with Crippen molar-refractivity contribution in [1.29, 1.82) is 0 Å². The van der Waals surface area contributed by atoms with Gasteiger partial charge in [0.1, 0.15) is 5.75 Å². The van der Waals surface area contributed by atoms with Crippen LogP contribution in [0.5, 0.6) is 5.75 Å². The van der Waals surface area contributed by atoms with Crippen LogP contribution in [0.2, 0.25) is 5.02 Å². The van der Waals surface area contributed by atoms with E-state index in [1.165, 1.54) is 12.1 Å². The van der Waals surface area contributed by atoms with E-state index in [0.717, 1.165) is 9.87 Å². The molecule has 0 aliphatic rings. The SMILES string of the molecule is CCOc1ccc(S(=O)(=O)N(CC)CC(=O)Nc2cc(Cl)ccc2C)cc1. The van der Waals surface area contributed by atoms with Gasteiger partial charge in [-0.05, 0) is 55.8 Å². The average molecular weight is 411 g/mol.